The molecule has 0 amide bonds. The van der Waals surface area contributed by atoms with Gasteiger partial charge in [-0.1, -0.05) is 41.5 Å². The van der Waals surface area contributed by atoms with Gasteiger partial charge in [0.2, 0.25) is 0 Å². The number of anilines is 2. The Morgan fingerprint density at radius 3 is 2.46 bits per heavy atom. The van der Waals surface area contributed by atoms with Gasteiger partial charge in [0.25, 0.3) is 0 Å². The molecule has 0 spiro atoms. The van der Waals surface area contributed by atoms with E-state index in [1.54, 1.807) is 0 Å². The second kappa shape index (κ2) is 8.34. The van der Waals surface area contributed by atoms with Crippen molar-refractivity contribution in [2.24, 2.45) is 5.10 Å². The molecule has 0 heterocycles. The number of benzene rings is 2. The van der Waals surface area contributed by atoms with Gasteiger partial charge in [-0.15, -0.1) is 0 Å². The Morgan fingerprint density at radius 1 is 1.08 bits per heavy atom. The van der Waals surface area contributed by atoms with Crippen LogP contribution in [0.15, 0.2) is 65.3 Å². The van der Waals surface area contributed by atoms with E-state index in [1.807, 2.05) is 30.3 Å². The fourth-order valence-corrected chi connectivity index (χ4v) is 2.46. The molecule has 2 aromatic rings. The molecule has 0 aliphatic rings. The molecule has 0 bridgehead atoms. The van der Waals surface area contributed by atoms with Crippen molar-refractivity contribution in [1.82, 2.24) is 0 Å². The fourth-order valence-electron chi connectivity index (χ4n) is 2.46. The highest BCUT2D eigenvalue weighted by Crippen LogP contribution is 2.20. The van der Waals surface area contributed by atoms with Crippen LogP contribution < -0.4 is 10.3 Å². The number of allylic oxidation sites excluding steroid dienone is 1. The zero-order valence-corrected chi connectivity index (χ0v) is 15.3. The van der Waals surface area contributed by atoms with Crippen molar-refractivity contribution in [2.45, 2.75) is 27.7 Å². The van der Waals surface area contributed by atoms with Gasteiger partial charge in [-0.2, -0.15) is 5.10 Å². The average molecular weight is 321 g/mol. The van der Waals surface area contributed by atoms with E-state index in [4.69, 9.17) is 5.10 Å². The topological polar surface area (TPSA) is 27.6 Å². The van der Waals surface area contributed by atoms with Crippen molar-refractivity contribution < 1.29 is 0 Å². The lowest BCUT2D eigenvalue weighted by Crippen LogP contribution is -2.14. The van der Waals surface area contributed by atoms with Crippen LogP contribution in [0.3, 0.4) is 0 Å². The molecule has 0 aliphatic heterocycles. The van der Waals surface area contributed by atoms with E-state index in [2.05, 4.69) is 69.4 Å². The summed E-state index contributed by atoms with van der Waals surface area (Å²) in [7, 11) is 1.98. The molecule has 1 N–H and O–H groups in total. The number of hydrazone groups is 1. The molecular formula is C21H27N3. The van der Waals surface area contributed by atoms with E-state index in [9.17, 15) is 0 Å². The molecule has 24 heavy (non-hydrogen) atoms. The van der Waals surface area contributed by atoms with Crippen LogP contribution in [0.5, 0.6) is 0 Å². The number of rotatable bonds is 6. The average Bonchev–Trinajstić information content (AvgIpc) is 2.56. The minimum absolute atomic E-state index is 0.820. The second-order valence-corrected chi connectivity index (χ2v) is 6.26. The summed E-state index contributed by atoms with van der Waals surface area (Å²) in [5, 5.41) is 10.2. The molecule has 0 unspecified atom stereocenters. The zero-order valence-electron chi connectivity index (χ0n) is 15.3. The monoisotopic (exact) mass is 321 g/mol. The Bertz CT molecular complexity index is 726. The Balaban J connectivity index is 2.27. The maximum Gasteiger partial charge on any atom is 0.0671 e. The van der Waals surface area contributed by atoms with Crippen LogP contribution in [0, 0.1) is 6.92 Å². The van der Waals surface area contributed by atoms with Gasteiger partial charge in [0.1, 0.15) is 0 Å². The van der Waals surface area contributed by atoms with E-state index in [-0.39, 0.29) is 0 Å². The number of hydrogen-bond donors (Lipinski definition) is 1. The molecule has 0 fully saturated rings. The molecule has 3 nitrogen and oxygen atoms in total. The highest BCUT2D eigenvalue weighted by molar-refractivity contribution is 6.04. The van der Waals surface area contributed by atoms with Crippen LogP contribution >= 0.6 is 0 Å². The SMILES string of the molecule is CC(C)=CCNc1ccc(C)cc1/C(C)=N/N(C)c1ccccc1. The van der Waals surface area contributed by atoms with Crippen molar-refractivity contribution in [1.29, 1.82) is 0 Å². The van der Waals surface area contributed by atoms with E-state index < -0.39 is 0 Å². The predicted octanol–water partition coefficient (Wildman–Crippen LogP) is 5.23. The highest BCUT2D eigenvalue weighted by Gasteiger charge is 2.07. The molecule has 0 aliphatic carbocycles. The zero-order chi connectivity index (χ0) is 17.5. The van der Waals surface area contributed by atoms with Crippen LogP contribution in [0.1, 0.15) is 31.9 Å². The lowest BCUT2D eigenvalue weighted by atomic mass is 10.1. The summed E-state index contributed by atoms with van der Waals surface area (Å²) >= 11 is 0. The van der Waals surface area contributed by atoms with E-state index in [0.717, 1.165) is 29.2 Å². The summed E-state index contributed by atoms with van der Waals surface area (Å²) in [4.78, 5) is 0. The maximum atomic E-state index is 4.76. The summed E-state index contributed by atoms with van der Waals surface area (Å²) in [6.45, 7) is 9.20. The number of hydrogen-bond acceptors (Lipinski definition) is 3. The third-order valence-electron chi connectivity index (χ3n) is 3.80. The van der Waals surface area contributed by atoms with Gasteiger partial charge in [0.05, 0.1) is 11.4 Å². The number of nitrogens with zero attached hydrogens (tertiary/aromatic N) is 2. The summed E-state index contributed by atoms with van der Waals surface area (Å²) in [6.07, 6.45) is 2.19. The number of para-hydroxylation sites is 1. The summed E-state index contributed by atoms with van der Waals surface area (Å²) < 4.78 is 0. The molecule has 2 rings (SSSR count). The van der Waals surface area contributed by atoms with Crippen molar-refractivity contribution in [2.75, 3.05) is 23.9 Å². The van der Waals surface area contributed by atoms with Gasteiger partial charge >= 0.3 is 0 Å². The standard InChI is InChI=1S/C21H27N3/c1-16(2)13-14-22-21-12-11-17(3)15-20(21)18(4)23-24(5)19-9-7-6-8-10-19/h6-13,15,22H,14H2,1-5H3/b23-18+. The molecule has 0 saturated heterocycles. The van der Waals surface area contributed by atoms with Crippen LogP contribution in [0.25, 0.3) is 0 Å². The normalized spacial score (nSPS) is 11.1. The van der Waals surface area contributed by atoms with Crippen LogP contribution in [-0.2, 0) is 0 Å². The Morgan fingerprint density at radius 2 is 1.79 bits per heavy atom. The van der Waals surface area contributed by atoms with Gasteiger partial charge in [0.15, 0.2) is 0 Å². The van der Waals surface area contributed by atoms with E-state index in [1.165, 1.54) is 11.1 Å². The molecule has 0 aromatic heterocycles. The van der Waals surface area contributed by atoms with Gasteiger partial charge in [-0.3, -0.25) is 5.01 Å². The van der Waals surface area contributed by atoms with Crippen molar-refractivity contribution in [3.8, 4) is 0 Å². The lowest BCUT2D eigenvalue weighted by molar-refractivity contribution is 1.01. The van der Waals surface area contributed by atoms with Crippen LogP contribution in [0.4, 0.5) is 11.4 Å². The van der Waals surface area contributed by atoms with Crippen molar-refractivity contribution in [3.05, 3.63) is 71.3 Å². The first-order chi connectivity index (χ1) is 11.5. The van der Waals surface area contributed by atoms with Gasteiger partial charge in [-0.25, -0.2) is 0 Å². The molecule has 0 saturated carbocycles. The van der Waals surface area contributed by atoms with Crippen molar-refractivity contribution >= 4 is 17.1 Å². The molecule has 3 heteroatoms. The van der Waals surface area contributed by atoms with Crippen LogP contribution in [-0.4, -0.2) is 19.3 Å². The van der Waals surface area contributed by atoms with E-state index >= 15 is 0 Å². The molecule has 2 aromatic carbocycles. The summed E-state index contributed by atoms with van der Waals surface area (Å²) in [5.41, 5.74) is 6.86. The summed E-state index contributed by atoms with van der Waals surface area (Å²) in [5.74, 6) is 0. The van der Waals surface area contributed by atoms with Gasteiger partial charge in [0, 0.05) is 24.8 Å². The third-order valence-corrected chi connectivity index (χ3v) is 3.80. The molecule has 126 valence electrons. The minimum Gasteiger partial charge on any atom is -0.381 e. The first-order valence-corrected chi connectivity index (χ1v) is 8.29. The van der Waals surface area contributed by atoms with Crippen LogP contribution in [0.2, 0.25) is 0 Å². The smallest absolute Gasteiger partial charge is 0.0671 e. The molecule has 0 radical (unpaired) electrons. The number of nitrogens with one attached hydrogen (secondary N) is 1. The molecule has 0 atom stereocenters. The minimum atomic E-state index is 0.820. The molecular weight excluding hydrogens is 294 g/mol. The van der Waals surface area contributed by atoms with Gasteiger partial charge < -0.3 is 5.32 Å². The maximum absolute atomic E-state index is 4.76. The third kappa shape index (κ3) is 4.98. The fraction of sp³-hybridized carbons (Fsp3) is 0.286. The predicted molar refractivity (Wildman–Crippen MR) is 106 cm³/mol. The quantitative estimate of drug-likeness (QED) is 0.448. The highest BCUT2D eigenvalue weighted by atomic mass is 15.4. The first-order valence-electron chi connectivity index (χ1n) is 8.29. The first kappa shape index (κ1) is 17.8. The number of aryl methyl sites for hydroxylation is 1. The van der Waals surface area contributed by atoms with E-state index in [0.29, 0.717) is 0 Å². The largest absolute Gasteiger partial charge is 0.381 e. The Kier molecular flexibility index (Phi) is 6.19. The summed E-state index contributed by atoms with van der Waals surface area (Å²) in [6, 6.07) is 16.6. The Labute approximate surface area is 145 Å². The Hall–Kier alpha value is -2.55. The second-order valence-electron chi connectivity index (χ2n) is 6.26. The lowest BCUT2D eigenvalue weighted by Gasteiger charge is -2.17. The van der Waals surface area contributed by atoms with Crippen molar-refractivity contribution in [3.63, 3.8) is 0 Å². The van der Waals surface area contributed by atoms with Gasteiger partial charge in [-0.05, 0) is 52.0 Å².